The number of allylic oxidation sites excluding steroid dienone is 1. The van der Waals surface area contributed by atoms with E-state index in [9.17, 15) is 0 Å². The Balaban J connectivity index is 0. The predicted octanol–water partition coefficient (Wildman–Crippen LogP) is 3.18. The normalized spacial score (nSPS) is 10.1. The molecule has 0 aliphatic rings. The minimum Gasteiger partial charge on any atom is -0.324 e. The Bertz CT molecular complexity index is 263. The fourth-order valence-corrected chi connectivity index (χ4v) is 1.68. The molecular weight excluding hydrogens is 224 g/mol. The van der Waals surface area contributed by atoms with E-state index < -0.39 is 0 Å². The van der Waals surface area contributed by atoms with Gasteiger partial charge in [0.15, 0.2) is 12.4 Å². The monoisotopic (exact) mass is 250 g/mol. The summed E-state index contributed by atoms with van der Waals surface area (Å²) in [6.45, 7) is 6.65. The van der Waals surface area contributed by atoms with E-state index in [2.05, 4.69) is 26.8 Å². The standard InChI is InChI=1S/C12H25N.C2HN3/c1-4-7-11(8-5-2)10-12(13)9-6-3;3-1-5-2-4/h10,12H,4-9,13H2,1-3H3;5H. The van der Waals surface area contributed by atoms with Gasteiger partial charge in [0, 0.05) is 6.04 Å². The second kappa shape index (κ2) is 15.5. The maximum atomic E-state index is 7.48. The summed E-state index contributed by atoms with van der Waals surface area (Å²) in [6, 6.07) is 0.290. The molecule has 0 aromatic heterocycles. The molecule has 0 heterocycles. The molecule has 0 aliphatic carbocycles. The van der Waals surface area contributed by atoms with Crippen molar-refractivity contribution in [1.29, 1.82) is 10.5 Å². The third kappa shape index (κ3) is 14.5. The Morgan fingerprint density at radius 1 is 1.11 bits per heavy atom. The fourth-order valence-electron chi connectivity index (χ4n) is 1.68. The van der Waals surface area contributed by atoms with Crippen molar-refractivity contribution in [2.24, 2.45) is 5.73 Å². The molecule has 1 unspecified atom stereocenters. The third-order valence-electron chi connectivity index (χ3n) is 2.33. The highest BCUT2D eigenvalue weighted by atomic mass is 14.8. The summed E-state index contributed by atoms with van der Waals surface area (Å²) in [5.74, 6) is 0. The molecule has 102 valence electrons. The number of nitrogens with zero attached hydrogens (tertiary/aromatic N) is 2. The molecule has 18 heavy (non-hydrogen) atoms. The summed E-state index contributed by atoms with van der Waals surface area (Å²) in [5, 5.41) is 16.7. The lowest BCUT2D eigenvalue weighted by Gasteiger charge is -2.09. The lowest BCUT2D eigenvalue weighted by Crippen LogP contribution is -2.16. The van der Waals surface area contributed by atoms with Crippen LogP contribution >= 0.6 is 0 Å². The van der Waals surface area contributed by atoms with Crippen molar-refractivity contribution >= 4 is 0 Å². The Labute approximate surface area is 111 Å². The van der Waals surface area contributed by atoms with E-state index in [1.54, 1.807) is 10.9 Å². The SMILES string of the molecule is CCCC(=CC(N)CCC)CCC.N#CNC#N. The molecule has 0 fully saturated rings. The summed E-state index contributed by atoms with van der Waals surface area (Å²) in [5.41, 5.74) is 7.53. The summed E-state index contributed by atoms with van der Waals surface area (Å²) in [4.78, 5) is 0. The Morgan fingerprint density at radius 2 is 1.61 bits per heavy atom. The van der Waals surface area contributed by atoms with Crippen LogP contribution in [-0.4, -0.2) is 6.04 Å². The number of nitriles is 2. The second-order valence-corrected chi connectivity index (χ2v) is 4.13. The van der Waals surface area contributed by atoms with E-state index >= 15 is 0 Å². The first-order valence-electron chi connectivity index (χ1n) is 6.64. The molecule has 3 N–H and O–H groups in total. The smallest absolute Gasteiger partial charge is 0.190 e. The van der Waals surface area contributed by atoms with Gasteiger partial charge in [-0.2, -0.15) is 10.5 Å². The fraction of sp³-hybridized carbons (Fsp3) is 0.714. The van der Waals surface area contributed by atoms with Crippen molar-refractivity contribution in [2.45, 2.75) is 65.3 Å². The summed E-state index contributed by atoms with van der Waals surface area (Å²) >= 11 is 0. The molecule has 0 aromatic rings. The molecule has 4 nitrogen and oxygen atoms in total. The molecule has 0 amide bonds. The van der Waals surface area contributed by atoms with Gasteiger partial charge in [0.25, 0.3) is 0 Å². The van der Waals surface area contributed by atoms with Crippen molar-refractivity contribution in [2.75, 3.05) is 0 Å². The van der Waals surface area contributed by atoms with Gasteiger partial charge in [-0.3, -0.25) is 0 Å². The van der Waals surface area contributed by atoms with Crippen molar-refractivity contribution in [3.63, 3.8) is 0 Å². The number of nitrogens with two attached hydrogens (primary N) is 1. The summed E-state index contributed by atoms with van der Waals surface area (Å²) in [6.07, 6.45) is 12.3. The topological polar surface area (TPSA) is 85.6 Å². The van der Waals surface area contributed by atoms with Crippen LogP contribution in [0, 0.1) is 22.9 Å². The van der Waals surface area contributed by atoms with Crippen LogP contribution in [0.15, 0.2) is 11.6 Å². The second-order valence-electron chi connectivity index (χ2n) is 4.13. The lowest BCUT2D eigenvalue weighted by molar-refractivity contribution is 0.686. The minimum atomic E-state index is 0.290. The highest BCUT2D eigenvalue weighted by Crippen LogP contribution is 2.13. The molecule has 0 aromatic carbocycles. The molecule has 0 saturated carbocycles. The maximum Gasteiger partial charge on any atom is 0.190 e. The largest absolute Gasteiger partial charge is 0.324 e. The van der Waals surface area contributed by atoms with Crippen LogP contribution in [0.2, 0.25) is 0 Å². The van der Waals surface area contributed by atoms with Crippen molar-refractivity contribution < 1.29 is 0 Å². The molecule has 1 atom stereocenters. The first kappa shape index (κ1) is 18.8. The van der Waals surface area contributed by atoms with Gasteiger partial charge < -0.3 is 5.73 Å². The van der Waals surface area contributed by atoms with Crippen LogP contribution in [0.5, 0.6) is 0 Å². The molecule has 0 spiro atoms. The van der Waals surface area contributed by atoms with Crippen molar-refractivity contribution in [1.82, 2.24) is 5.32 Å². The number of nitrogens with one attached hydrogen (secondary N) is 1. The quantitative estimate of drug-likeness (QED) is 0.413. The van der Waals surface area contributed by atoms with Crippen LogP contribution in [0.3, 0.4) is 0 Å². The van der Waals surface area contributed by atoms with Crippen molar-refractivity contribution in [3.8, 4) is 12.4 Å². The van der Waals surface area contributed by atoms with E-state index in [1.165, 1.54) is 44.5 Å². The van der Waals surface area contributed by atoms with Gasteiger partial charge in [0.2, 0.25) is 0 Å². The zero-order valence-electron chi connectivity index (χ0n) is 11.9. The zero-order chi connectivity index (χ0) is 14.2. The Morgan fingerprint density at radius 3 is 1.89 bits per heavy atom. The minimum absolute atomic E-state index is 0.290. The highest BCUT2D eigenvalue weighted by molar-refractivity contribution is 5.06. The average Bonchev–Trinajstić information content (AvgIpc) is 2.32. The van der Waals surface area contributed by atoms with Crippen LogP contribution in [0.1, 0.15) is 59.3 Å². The van der Waals surface area contributed by atoms with Crippen LogP contribution in [0.25, 0.3) is 0 Å². The lowest BCUT2D eigenvalue weighted by atomic mass is 10.0. The Kier molecular flexibility index (Phi) is 16.2. The van der Waals surface area contributed by atoms with Crippen LogP contribution < -0.4 is 11.1 Å². The molecular formula is C14H26N4. The first-order valence-corrected chi connectivity index (χ1v) is 6.64. The molecule has 4 heteroatoms. The molecule has 0 saturated heterocycles. The summed E-state index contributed by atoms with van der Waals surface area (Å²) < 4.78 is 0. The van der Waals surface area contributed by atoms with Gasteiger partial charge in [-0.1, -0.05) is 51.7 Å². The van der Waals surface area contributed by atoms with Crippen LogP contribution in [0.4, 0.5) is 0 Å². The van der Waals surface area contributed by atoms with Gasteiger partial charge in [-0.05, 0) is 19.3 Å². The van der Waals surface area contributed by atoms with E-state index in [1.807, 2.05) is 0 Å². The maximum absolute atomic E-state index is 7.48. The van der Waals surface area contributed by atoms with Crippen LogP contribution in [-0.2, 0) is 0 Å². The van der Waals surface area contributed by atoms with Gasteiger partial charge in [-0.15, -0.1) is 0 Å². The predicted molar refractivity (Wildman–Crippen MR) is 75.1 cm³/mol. The first-order chi connectivity index (χ1) is 8.65. The van der Waals surface area contributed by atoms with Gasteiger partial charge in [0.1, 0.15) is 0 Å². The van der Waals surface area contributed by atoms with Gasteiger partial charge in [0.05, 0.1) is 0 Å². The van der Waals surface area contributed by atoms with E-state index in [4.69, 9.17) is 16.3 Å². The molecule has 0 rings (SSSR count). The number of rotatable bonds is 7. The van der Waals surface area contributed by atoms with Crippen molar-refractivity contribution in [3.05, 3.63) is 11.6 Å². The van der Waals surface area contributed by atoms with Gasteiger partial charge in [-0.25, -0.2) is 5.32 Å². The molecule has 0 bridgehead atoms. The van der Waals surface area contributed by atoms with E-state index in [-0.39, 0.29) is 6.04 Å². The number of hydrogen-bond donors (Lipinski definition) is 2. The van der Waals surface area contributed by atoms with E-state index in [0.29, 0.717) is 0 Å². The zero-order valence-corrected chi connectivity index (χ0v) is 11.9. The highest BCUT2D eigenvalue weighted by Gasteiger charge is 2.00. The molecule has 0 aliphatic heterocycles. The molecule has 0 radical (unpaired) electrons. The third-order valence-corrected chi connectivity index (χ3v) is 2.33. The van der Waals surface area contributed by atoms with E-state index in [0.717, 1.165) is 6.42 Å². The van der Waals surface area contributed by atoms with Gasteiger partial charge >= 0.3 is 0 Å². The Hall–Kier alpha value is -1.52. The number of hydrogen-bond acceptors (Lipinski definition) is 4. The average molecular weight is 250 g/mol. The summed E-state index contributed by atoms with van der Waals surface area (Å²) in [7, 11) is 0.